The van der Waals surface area contributed by atoms with Gasteiger partial charge in [-0.05, 0) is 29.7 Å². The zero-order valence-electron chi connectivity index (χ0n) is 12.1. The van der Waals surface area contributed by atoms with Gasteiger partial charge in [-0.15, -0.1) is 5.10 Å². The minimum absolute atomic E-state index is 0.247. The molecule has 114 valence electrons. The van der Waals surface area contributed by atoms with E-state index in [1.807, 2.05) is 24.3 Å². The summed E-state index contributed by atoms with van der Waals surface area (Å²) in [5, 5.41) is 10.7. The fraction of sp³-hybridized carbons (Fsp3) is 0.312. The second kappa shape index (κ2) is 7.00. The molecule has 0 radical (unpaired) electrons. The number of aromatic nitrogens is 2. The summed E-state index contributed by atoms with van der Waals surface area (Å²) in [6.07, 6.45) is 1.80. The Morgan fingerprint density at radius 2 is 2.23 bits per heavy atom. The minimum Gasteiger partial charge on any atom is -0.462 e. The van der Waals surface area contributed by atoms with E-state index < -0.39 is 6.10 Å². The van der Waals surface area contributed by atoms with E-state index in [1.54, 1.807) is 18.3 Å². The van der Waals surface area contributed by atoms with Crippen molar-refractivity contribution in [2.75, 3.05) is 25.1 Å². The number of nitrogens with one attached hydrogen (secondary N) is 1. The Balaban J connectivity index is 1.51. The second-order valence-corrected chi connectivity index (χ2v) is 4.90. The van der Waals surface area contributed by atoms with E-state index >= 15 is 0 Å². The van der Waals surface area contributed by atoms with Gasteiger partial charge in [0.1, 0.15) is 12.4 Å². The van der Waals surface area contributed by atoms with Gasteiger partial charge in [0.2, 0.25) is 0 Å². The lowest BCUT2D eigenvalue weighted by Gasteiger charge is -2.24. The van der Waals surface area contributed by atoms with E-state index in [2.05, 4.69) is 15.5 Å². The number of carbonyl (C=O) groups excluding carboxylic acids is 1. The molecule has 0 bridgehead atoms. The van der Waals surface area contributed by atoms with E-state index in [0.717, 1.165) is 17.5 Å². The largest absolute Gasteiger partial charge is 0.462 e. The van der Waals surface area contributed by atoms with E-state index in [0.29, 0.717) is 19.0 Å². The van der Waals surface area contributed by atoms with Crippen LogP contribution in [-0.2, 0) is 20.7 Å². The number of fused-ring (bicyclic) bond motifs is 1. The second-order valence-electron chi connectivity index (χ2n) is 4.90. The smallest absolute Gasteiger partial charge is 0.340 e. The van der Waals surface area contributed by atoms with Crippen molar-refractivity contribution in [1.82, 2.24) is 10.2 Å². The molecule has 6 heteroatoms. The lowest BCUT2D eigenvalue weighted by Crippen LogP contribution is -2.26. The summed E-state index contributed by atoms with van der Waals surface area (Å²) in [6, 6.07) is 11.4. The summed E-state index contributed by atoms with van der Waals surface area (Å²) in [7, 11) is 0. The predicted molar refractivity (Wildman–Crippen MR) is 80.3 cm³/mol. The van der Waals surface area contributed by atoms with Gasteiger partial charge in [0.25, 0.3) is 0 Å². The summed E-state index contributed by atoms with van der Waals surface area (Å²) in [5.41, 5.74) is 2.05. The fourth-order valence-electron chi connectivity index (χ4n) is 2.39. The predicted octanol–water partition coefficient (Wildman–Crippen LogP) is 1.75. The van der Waals surface area contributed by atoms with E-state index in [1.165, 1.54) is 0 Å². The van der Waals surface area contributed by atoms with Crippen molar-refractivity contribution in [3.05, 3.63) is 53.7 Å². The molecule has 0 fully saturated rings. The fourth-order valence-corrected chi connectivity index (χ4v) is 2.39. The highest BCUT2D eigenvalue weighted by atomic mass is 16.6. The first kappa shape index (κ1) is 14.5. The van der Waals surface area contributed by atoms with Gasteiger partial charge in [0.15, 0.2) is 6.10 Å². The van der Waals surface area contributed by atoms with Crippen LogP contribution in [0.3, 0.4) is 0 Å². The van der Waals surface area contributed by atoms with Crippen LogP contribution in [0.2, 0.25) is 0 Å². The van der Waals surface area contributed by atoms with Crippen LogP contribution in [0.5, 0.6) is 0 Å². The molecule has 22 heavy (non-hydrogen) atoms. The highest BCUT2D eigenvalue weighted by Crippen LogP contribution is 2.27. The lowest BCUT2D eigenvalue weighted by atomic mass is 9.98. The van der Waals surface area contributed by atoms with Crippen LogP contribution >= 0.6 is 0 Å². The molecule has 0 saturated carbocycles. The molecule has 1 aromatic carbocycles. The number of anilines is 1. The van der Waals surface area contributed by atoms with E-state index in [4.69, 9.17) is 9.47 Å². The number of ether oxygens (including phenoxy) is 2. The third-order valence-corrected chi connectivity index (χ3v) is 3.43. The quantitative estimate of drug-likeness (QED) is 0.670. The van der Waals surface area contributed by atoms with Crippen molar-refractivity contribution >= 4 is 11.8 Å². The van der Waals surface area contributed by atoms with Crippen LogP contribution in [0.25, 0.3) is 0 Å². The number of hydrogen-bond donors (Lipinski definition) is 1. The van der Waals surface area contributed by atoms with Crippen molar-refractivity contribution in [2.45, 2.75) is 12.5 Å². The summed E-state index contributed by atoms with van der Waals surface area (Å²) >= 11 is 0. The maximum atomic E-state index is 12.2. The van der Waals surface area contributed by atoms with Gasteiger partial charge in [-0.3, -0.25) is 0 Å². The number of esters is 1. The Morgan fingerprint density at radius 3 is 3.09 bits per heavy atom. The van der Waals surface area contributed by atoms with Crippen molar-refractivity contribution in [2.24, 2.45) is 0 Å². The first-order valence-corrected chi connectivity index (χ1v) is 7.22. The van der Waals surface area contributed by atoms with Crippen molar-refractivity contribution in [3.8, 4) is 0 Å². The molecule has 0 spiro atoms. The normalized spacial score (nSPS) is 16.6. The number of nitrogens with zero attached hydrogens (tertiary/aromatic N) is 2. The van der Waals surface area contributed by atoms with Gasteiger partial charge < -0.3 is 14.8 Å². The number of rotatable bonds is 5. The van der Waals surface area contributed by atoms with Gasteiger partial charge in [0, 0.05) is 6.20 Å². The minimum atomic E-state index is -0.624. The molecule has 1 aliphatic heterocycles. The Kier molecular flexibility index (Phi) is 4.60. The molecular weight excluding hydrogens is 282 g/mol. The van der Waals surface area contributed by atoms with Crippen LogP contribution in [-0.4, -0.2) is 35.9 Å². The molecule has 1 atom stereocenters. The Bertz CT molecular complexity index is 634. The van der Waals surface area contributed by atoms with E-state index in [9.17, 15) is 4.79 Å². The average Bonchev–Trinajstić information content (AvgIpc) is 2.59. The Labute approximate surface area is 128 Å². The number of hydrogen-bond acceptors (Lipinski definition) is 6. The summed E-state index contributed by atoms with van der Waals surface area (Å²) < 4.78 is 10.8. The van der Waals surface area contributed by atoms with Crippen LogP contribution in [0.4, 0.5) is 5.82 Å². The highest BCUT2D eigenvalue weighted by molar-refractivity contribution is 5.77. The van der Waals surface area contributed by atoms with Crippen LogP contribution < -0.4 is 5.32 Å². The molecular formula is C16H17N3O3. The maximum absolute atomic E-state index is 12.2. The zero-order valence-corrected chi connectivity index (χ0v) is 12.1. The molecule has 2 heterocycles. The van der Waals surface area contributed by atoms with Crippen molar-refractivity contribution < 1.29 is 14.3 Å². The molecule has 1 N–H and O–H groups in total. The molecule has 6 nitrogen and oxygen atoms in total. The first-order chi connectivity index (χ1) is 10.8. The molecule has 0 aliphatic carbocycles. The van der Waals surface area contributed by atoms with Gasteiger partial charge in [-0.25, -0.2) is 4.79 Å². The van der Waals surface area contributed by atoms with Gasteiger partial charge in [0.05, 0.1) is 13.2 Å². The van der Waals surface area contributed by atoms with E-state index in [-0.39, 0.29) is 12.6 Å². The monoisotopic (exact) mass is 299 g/mol. The first-order valence-electron chi connectivity index (χ1n) is 7.22. The summed E-state index contributed by atoms with van der Waals surface area (Å²) in [5.74, 6) is 0.297. The molecule has 0 unspecified atom stereocenters. The van der Waals surface area contributed by atoms with Gasteiger partial charge in [-0.2, -0.15) is 5.10 Å². The summed E-state index contributed by atoms with van der Waals surface area (Å²) in [6.45, 7) is 1.25. The van der Waals surface area contributed by atoms with Crippen LogP contribution in [0, 0.1) is 0 Å². The zero-order chi connectivity index (χ0) is 15.2. The highest BCUT2D eigenvalue weighted by Gasteiger charge is 2.28. The van der Waals surface area contributed by atoms with Crippen LogP contribution in [0.15, 0.2) is 42.6 Å². The SMILES string of the molecule is O=C(OCCNc1cccnn1)[C@H]1OCCc2ccccc21. The van der Waals surface area contributed by atoms with Gasteiger partial charge >= 0.3 is 5.97 Å². The van der Waals surface area contributed by atoms with Gasteiger partial charge in [-0.1, -0.05) is 24.3 Å². The summed E-state index contributed by atoms with van der Waals surface area (Å²) in [4.78, 5) is 12.2. The molecule has 0 saturated heterocycles. The maximum Gasteiger partial charge on any atom is 0.340 e. The molecule has 1 aromatic heterocycles. The lowest BCUT2D eigenvalue weighted by molar-refractivity contribution is -0.158. The van der Waals surface area contributed by atoms with Crippen LogP contribution in [0.1, 0.15) is 17.2 Å². The van der Waals surface area contributed by atoms with Crippen molar-refractivity contribution in [3.63, 3.8) is 0 Å². The molecule has 1 aliphatic rings. The molecule has 2 aromatic rings. The topological polar surface area (TPSA) is 73.3 Å². The number of benzene rings is 1. The molecule has 3 rings (SSSR count). The van der Waals surface area contributed by atoms with Crippen molar-refractivity contribution in [1.29, 1.82) is 0 Å². The Morgan fingerprint density at radius 1 is 1.32 bits per heavy atom. The average molecular weight is 299 g/mol. The third kappa shape index (κ3) is 3.40. The third-order valence-electron chi connectivity index (χ3n) is 3.43. The Hall–Kier alpha value is -2.47. The molecule has 0 amide bonds. The standard InChI is InChI=1S/C16H17N3O3/c20-16(22-11-9-17-14-6-3-8-18-19-14)15-13-5-2-1-4-12(13)7-10-21-15/h1-6,8,15H,7,9-11H2,(H,17,19)/t15-/m0/s1. The number of carbonyl (C=O) groups is 1.